The summed E-state index contributed by atoms with van der Waals surface area (Å²) in [7, 11) is -3.62. The summed E-state index contributed by atoms with van der Waals surface area (Å²) < 4.78 is 41.3. The topological polar surface area (TPSA) is 89.5 Å². The van der Waals surface area contributed by atoms with Crippen molar-refractivity contribution in [3.05, 3.63) is 59.9 Å². The minimum atomic E-state index is -3.62. The van der Waals surface area contributed by atoms with Crippen molar-refractivity contribution in [1.29, 1.82) is 0 Å². The Bertz CT molecular complexity index is 894. The van der Waals surface area contributed by atoms with Crippen molar-refractivity contribution in [3.63, 3.8) is 0 Å². The van der Waals surface area contributed by atoms with Crippen LogP contribution in [0.1, 0.15) is 17.3 Å². The number of benzene rings is 2. The number of sulfone groups is 1. The molecule has 0 aliphatic rings. The van der Waals surface area contributed by atoms with Crippen LogP contribution < -0.4 is 5.32 Å². The third-order valence-electron chi connectivity index (χ3n) is 3.27. The summed E-state index contributed by atoms with van der Waals surface area (Å²) in [6, 6.07) is 10.6. The third-order valence-corrected chi connectivity index (χ3v) is 4.43. The number of carbonyl (C=O) groups is 2. The molecule has 0 aromatic heterocycles. The molecule has 25 heavy (non-hydrogen) atoms. The molecule has 0 bridgehead atoms. The van der Waals surface area contributed by atoms with E-state index in [4.69, 9.17) is 4.74 Å². The van der Waals surface area contributed by atoms with Crippen molar-refractivity contribution in [2.24, 2.45) is 0 Å². The van der Waals surface area contributed by atoms with E-state index in [0.29, 0.717) is 5.69 Å². The Kier molecular flexibility index (Phi) is 5.53. The number of hydrogen-bond donors (Lipinski definition) is 1. The van der Waals surface area contributed by atoms with E-state index in [-0.39, 0.29) is 10.5 Å². The van der Waals surface area contributed by atoms with E-state index in [9.17, 15) is 22.4 Å². The zero-order valence-electron chi connectivity index (χ0n) is 13.5. The summed E-state index contributed by atoms with van der Waals surface area (Å²) in [4.78, 5) is 24.1. The maximum Gasteiger partial charge on any atom is 0.340 e. The first-order chi connectivity index (χ1) is 11.7. The van der Waals surface area contributed by atoms with Crippen LogP contribution in [0.2, 0.25) is 0 Å². The summed E-state index contributed by atoms with van der Waals surface area (Å²) in [5.41, 5.74) is 0.192. The summed E-state index contributed by atoms with van der Waals surface area (Å²) in [5, 5.41) is 2.47. The van der Waals surface area contributed by atoms with Gasteiger partial charge in [0, 0.05) is 11.9 Å². The lowest BCUT2D eigenvalue weighted by atomic mass is 10.2. The first kappa shape index (κ1) is 18.6. The second-order valence-corrected chi connectivity index (χ2v) is 7.30. The molecule has 0 radical (unpaired) electrons. The van der Waals surface area contributed by atoms with E-state index in [2.05, 4.69) is 5.32 Å². The van der Waals surface area contributed by atoms with Gasteiger partial charge in [-0.2, -0.15) is 0 Å². The van der Waals surface area contributed by atoms with Crippen molar-refractivity contribution in [3.8, 4) is 0 Å². The van der Waals surface area contributed by atoms with Crippen LogP contribution in [0.15, 0.2) is 53.4 Å². The number of halogens is 1. The first-order valence-corrected chi connectivity index (χ1v) is 9.14. The van der Waals surface area contributed by atoms with Gasteiger partial charge in [-0.05, 0) is 43.3 Å². The van der Waals surface area contributed by atoms with E-state index in [1.807, 2.05) is 0 Å². The predicted molar refractivity (Wildman–Crippen MR) is 89.5 cm³/mol. The van der Waals surface area contributed by atoms with Crippen molar-refractivity contribution < 1.29 is 27.1 Å². The molecule has 1 amide bonds. The fraction of sp³-hybridized carbons (Fsp3) is 0.176. The molecule has 0 heterocycles. The molecule has 8 heteroatoms. The maximum absolute atomic E-state index is 12.8. The summed E-state index contributed by atoms with van der Waals surface area (Å²) in [6.45, 7) is 1.35. The number of anilines is 1. The number of carbonyl (C=O) groups excluding carboxylic acids is 2. The van der Waals surface area contributed by atoms with E-state index in [1.165, 1.54) is 55.5 Å². The molecule has 0 unspecified atom stereocenters. The van der Waals surface area contributed by atoms with E-state index in [1.54, 1.807) is 0 Å². The molecule has 2 rings (SSSR count). The lowest BCUT2D eigenvalue weighted by molar-refractivity contribution is -0.123. The Morgan fingerprint density at radius 1 is 1.08 bits per heavy atom. The van der Waals surface area contributed by atoms with E-state index < -0.39 is 33.6 Å². The smallest absolute Gasteiger partial charge is 0.340 e. The molecule has 2 aromatic rings. The van der Waals surface area contributed by atoms with Crippen LogP contribution in [0, 0.1) is 5.82 Å². The molecule has 0 fully saturated rings. The van der Waals surface area contributed by atoms with Crippen LogP contribution in [-0.2, 0) is 19.4 Å². The number of nitrogens with one attached hydrogen (secondary N) is 1. The molecule has 0 saturated carbocycles. The van der Waals surface area contributed by atoms with Gasteiger partial charge >= 0.3 is 5.97 Å². The van der Waals surface area contributed by atoms with Gasteiger partial charge in [0.2, 0.25) is 0 Å². The van der Waals surface area contributed by atoms with Crippen LogP contribution in [0.25, 0.3) is 0 Å². The van der Waals surface area contributed by atoms with E-state index >= 15 is 0 Å². The van der Waals surface area contributed by atoms with Gasteiger partial charge in [-0.3, -0.25) is 4.79 Å². The van der Waals surface area contributed by atoms with Crippen LogP contribution in [0.5, 0.6) is 0 Å². The van der Waals surface area contributed by atoms with Gasteiger partial charge in [-0.15, -0.1) is 0 Å². The lowest BCUT2D eigenvalue weighted by Crippen LogP contribution is -2.30. The molecule has 132 valence electrons. The molecule has 0 aliphatic carbocycles. The molecule has 1 atom stereocenters. The minimum Gasteiger partial charge on any atom is -0.449 e. The van der Waals surface area contributed by atoms with Crippen molar-refractivity contribution in [2.75, 3.05) is 11.6 Å². The average molecular weight is 365 g/mol. The zero-order chi connectivity index (χ0) is 18.6. The van der Waals surface area contributed by atoms with Gasteiger partial charge in [0.1, 0.15) is 5.82 Å². The Balaban J connectivity index is 2.10. The molecular formula is C17H16FNO5S. The molecule has 0 saturated heterocycles. The Morgan fingerprint density at radius 2 is 1.68 bits per heavy atom. The van der Waals surface area contributed by atoms with Crippen molar-refractivity contribution in [2.45, 2.75) is 17.9 Å². The van der Waals surface area contributed by atoms with Gasteiger partial charge in [0.25, 0.3) is 5.91 Å². The molecule has 1 N–H and O–H groups in total. The highest BCUT2D eigenvalue weighted by Gasteiger charge is 2.23. The zero-order valence-corrected chi connectivity index (χ0v) is 14.3. The van der Waals surface area contributed by atoms with Gasteiger partial charge in [-0.25, -0.2) is 17.6 Å². The minimum absolute atomic E-state index is 0.147. The fourth-order valence-electron chi connectivity index (χ4n) is 2.01. The van der Waals surface area contributed by atoms with Crippen molar-refractivity contribution in [1.82, 2.24) is 0 Å². The molecular weight excluding hydrogens is 349 g/mol. The van der Waals surface area contributed by atoms with Gasteiger partial charge < -0.3 is 10.1 Å². The SMILES string of the molecule is C[C@@H](OC(=O)c1ccccc1S(C)(=O)=O)C(=O)Nc1ccc(F)cc1. The largest absolute Gasteiger partial charge is 0.449 e. The number of esters is 1. The molecule has 6 nitrogen and oxygen atoms in total. The normalized spacial score (nSPS) is 12.3. The number of hydrogen-bond acceptors (Lipinski definition) is 5. The highest BCUT2D eigenvalue weighted by atomic mass is 32.2. The Hall–Kier alpha value is -2.74. The standard InChI is InChI=1S/C17H16FNO5S/c1-11(16(20)19-13-9-7-12(18)8-10-13)24-17(21)14-5-3-4-6-15(14)25(2,22)23/h3-11H,1-2H3,(H,19,20)/t11-/m1/s1. The van der Waals surface area contributed by atoms with E-state index in [0.717, 1.165) is 6.26 Å². The monoisotopic (exact) mass is 365 g/mol. The highest BCUT2D eigenvalue weighted by Crippen LogP contribution is 2.17. The summed E-state index contributed by atoms with van der Waals surface area (Å²) in [5.74, 6) is -2.01. The number of rotatable bonds is 5. The quantitative estimate of drug-likeness (QED) is 0.822. The lowest BCUT2D eigenvalue weighted by Gasteiger charge is -2.14. The predicted octanol–water partition coefficient (Wildman–Crippen LogP) is 2.41. The number of ether oxygens (including phenoxy) is 1. The first-order valence-electron chi connectivity index (χ1n) is 7.25. The Morgan fingerprint density at radius 3 is 2.28 bits per heavy atom. The van der Waals surface area contributed by atoms with Crippen LogP contribution in [0.3, 0.4) is 0 Å². The highest BCUT2D eigenvalue weighted by molar-refractivity contribution is 7.90. The second-order valence-electron chi connectivity index (χ2n) is 5.31. The average Bonchev–Trinajstić information content (AvgIpc) is 2.56. The Labute approximate surface area is 144 Å². The van der Waals surface area contributed by atoms with Gasteiger partial charge in [0.05, 0.1) is 10.5 Å². The van der Waals surface area contributed by atoms with Gasteiger partial charge in [0.15, 0.2) is 15.9 Å². The maximum atomic E-state index is 12.8. The molecule has 0 aliphatic heterocycles. The van der Waals surface area contributed by atoms with Crippen molar-refractivity contribution >= 4 is 27.4 Å². The third kappa shape index (κ3) is 4.87. The van der Waals surface area contributed by atoms with Gasteiger partial charge in [-0.1, -0.05) is 12.1 Å². The summed E-state index contributed by atoms with van der Waals surface area (Å²) in [6.07, 6.45) is -0.200. The number of amides is 1. The summed E-state index contributed by atoms with van der Waals surface area (Å²) >= 11 is 0. The van der Waals surface area contributed by atoms with Crippen LogP contribution in [-0.4, -0.2) is 32.7 Å². The fourth-order valence-corrected chi connectivity index (χ4v) is 2.89. The van der Waals surface area contributed by atoms with Crippen LogP contribution in [0.4, 0.5) is 10.1 Å². The molecule has 2 aromatic carbocycles. The molecule has 0 spiro atoms. The van der Waals surface area contributed by atoms with Crippen LogP contribution >= 0.6 is 0 Å². The second kappa shape index (κ2) is 7.43.